The fourth-order valence-electron chi connectivity index (χ4n) is 2.69. The molecule has 0 spiro atoms. The number of hydrogen-bond donors (Lipinski definition) is 2. The maximum absolute atomic E-state index is 13.8. The molecule has 0 aliphatic rings. The van der Waals surface area contributed by atoms with Crippen molar-refractivity contribution in [3.8, 4) is 0 Å². The van der Waals surface area contributed by atoms with Crippen LogP contribution in [-0.2, 0) is 9.84 Å². The number of nitrogens with zero attached hydrogens (tertiary/aromatic N) is 2. The summed E-state index contributed by atoms with van der Waals surface area (Å²) in [6.07, 6.45) is 5.92. The van der Waals surface area contributed by atoms with E-state index in [2.05, 4.69) is 20.6 Å². The molecule has 2 aromatic rings. The van der Waals surface area contributed by atoms with Gasteiger partial charge in [-0.05, 0) is 37.5 Å². The highest BCUT2D eigenvalue weighted by atomic mass is 32.2. The summed E-state index contributed by atoms with van der Waals surface area (Å²) in [5.74, 6) is -0.273. The van der Waals surface area contributed by atoms with Crippen molar-refractivity contribution in [1.82, 2.24) is 15.3 Å². The van der Waals surface area contributed by atoms with Gasteiger partial charge in [0.2, 0.25) is 0 Å². The first kappa shape index (κ1) is 22.5. The topological polar surface area (TPSA) is 101 Å². The fourth-order valence-corrected chi connectivity index (χ4v) is 3.21. The van der Waals surface area contributed by atoms with Crippen molar-refractivity contribution in [1.29, 1.82) is 0 Å². The van der Waals surface area contributed by atoms with Crippen LogP contribution in [0.3, 0.4) is 0 Å². The number of carbonyl (C=O) groups is 1. The van der Waals surface area contributed by atoms with Crippen molar-refractivity contribution in [2.45, 2.75) is 39.3 Å². The Labute approximate surface area is 170 Å². The van der Waals surface area contributed by atoms with Gasteiger partial charge in [-0.1, -0.05) is 25.1 Å². The summed E-state index contributed by atoms with van der Waals surface area (Å²) < 4.78 is 36.1. The molecule has 2 rings (SSSR count). The Balaban J connectivity index is 2.06. The summed E-state index contributed by atoms with van der Waals surface area (Å²) in [4.78, 5) is 20.5. The Kier molecular flexibility index (Phi) is 7.44. The predicted molar refractivity (Wildman–Crippen MR) is 111 cm³/mol. The summed E-state index contributed by atoms with van der Waals surface area (Å²) in [5.41, 5.74) is 1.51. The van der Waals surface area contributed by atoms with Crippen molar-refractivity contribution in [3.05, 3.63) is 64.7 Å². The highest BCUT2D eigenvalue weighted by Crippen LogP contribution is 2.25. The first-order valence-electron chi connectivity index (χ1n) is 9.13. The summed E-state index contributed by atoms with van der Waals surface area (Å²) in [7, 11) is -3.26. The Hall–Kier alpha value is -2.81. The van der Waals surface area contributed by atoms with E-state index >= 15 is 0 Å². The van der Waals surface area contributed by atoms with E-state index in [1.54, 1.807) is 19.9 Å². The van der Waals surface area contributed by atoms with Gasteiger partial charge in [-0.15, -0.1) is 0 Å². The van der Waals surface area contributed by atoms with Gasteiger partial charge in [-0.3, -0.25) is 4.79 Å². The molecular weight excluding hydrogens is 395 g/mol. The molecule has 0 bridgehead atoms. The number of rotatable bonds is 8. The Morgan fingerprint density at radius 3 is 2.59 bits per heavy atom. The minimum atomic E-state index is -3.26. The molecule has 1 aromatic heterocycles. The van der Waals surface area contributed by atoms with Crippen molar-refractivity contribution in [2.24, 2.45) is 0 Å². The zero-order valence-corrected chi connectivity index (χ0v) is 17.6. The van der Waals surface area contributed by atoms with Crippen molar-refractivity contribution in [3.63, 3.8) is 0 Å². The zero-order valence-electron chi connectivity index (χ0n) is 16.8. The Bertz CT molecular complexity index is 991. The van der Waals surface area contributed by atoms with Gasteiger partial charge in [0.15, 0.2) is 9.84 Å². The highest BCUT2D eigenvalue weighted by Gasteiger charge is 2.16. The van der Waals surface area contributed by atoms with Crippen molar-refractivity contribution >= 4 is 21.6 Å². The number of hydrogen-bond acceptors (Lipinski definition) is 6. The second-order valence-corrected chi connectivity index (χ2v) is 8.70. The molecule has 1 heterocycles. The molecule has 0 saturated carbocycles. The van der Waals surface area contributed by atoms with Crippen molar-refractivity contribution < 1.29 is 17.6 Å². The van der Waals surface area contributed by atoms with Crippen LogP contribution in [0.4, 0.5) is 10.2 Å². The molecule has 0 saturated heterocycles. The van der Waals surface area contributed by atoms with Crippen LogP contribution in [0, 0.1) is 12.7 Å². The van der Waals surface area contributed by atoms with E-state index in [9.17, 15) is 17.6 Å². The molecular formula is C20H25FN4O3S. The minimum absolute atomic E-state index is 0.102. The molecule has 0 aliphatic heterocycles. The van der Waals surface area contributed by atoms with Crippen LogP contribution >= 0.6 is 0 Å². The number of nitrogens with one attached hydrogen (secondary N) is 2. The molecule has 2 atom stereocenters. The van der Waals surface area contributed by atoms with Gasteiger partial charge in [-0.25, -0.2) is 22.8 Å². The number of benzene rings is 1. The monoisotopic (exact) mass is 420 g/mol. The summed E-state index contributed by atoms with van der Waals surface area (Å²) in [6.45, 7) is 5.35. The van der Waals surface area contributed by atoms with Gasteiger partial charge in [0.25, 0.3) is 5.91 Å². The predicted octanol–water partition coefficient (Wildman–Crippen LogP) is 3.16. The minimum Gasteiger partial charge on any atom is -0.362 e. The lowest BCUT2D eigenvalue weighted by molar-refractivity contribution is 0.0941. The van der Waals surface area contributed by atoms with Gasteiger partial charge in [0.05, 0.1) is 18.4 Å². The van der Waals surface area contributed by atoms with Crippen LogP contribution in [-0.4, -0.2) is 36.6 Å². The standard InChI is InChI=1S/C20H25FN4O3S/c1-5-17(15-7-6-8-16(21)14(15)3)25-19-12-22-18(11-23-19)20(26)24-13(2)9-10-29(4,27)28/h6-13,17H,5H2,1-4H3,(H,23,25)(H,24,26)/b10-9+/t13-,17-/m1/s1. The number of halogens is 1. The van der Waals surface area contributed by atoms with Crippen LogP contribution in [0.15, 0.2) is 42.1 Å². The average Bonchev–Trinajstić information content (AvgIpc) is 2.67. The average molecular weight is 421 g/mol. The fraction of sp³-hybridized carbons (Fsp3) is 0.350. The first-order chi connectivity index (χ1) is 13.6. The number of carbonyl (C=O) groups excluding carboxylic acids is 1. The molecule has 156 valence electrons. The SMILES string of the molecule is CC[C@@H](Nc1cnc(C(=O)N[C@H](C)/C=C/S(C)(=O)=O)cn1)c1cccc(F)c1C. The quantitative estimate of drug-likeness (QED) is 0.680. The molecule has 0 fully saturated rings. The van der Waals surface area contributed by atoms with Crippen LogP contribution in [0.1, 0.15) is 47.9 Å². The first-order valence-corrected chi connectivity index (χ1v) is 11.1. The smallest absolute Gasteiger partial charge is 0.271 e. The number of amides is 1. The van der Waals surface area contributed by atoms with E-state index < -0.39 is 21.8 Å². The third-order valence-corrected chi connectivity index (χ3v) is 4.92. The highest BCUT2D eigenvalue weighted by molar-refractivity contribution is 7.93. The van der Waals surface area contributed by atoms with Crippen LogP contribution in [0.25, 0.3) is 0 Å². The van der Waals surface area contributed by atoms with E-state index in [0.717, 1.165) is 17.2 Å². The second-order valence-electron chi connectivity index (χ2n) is 6.77. The third-order valence-electron chi connectivity index (χ3n) is 4.27. The molecule has 0 radical (unpaired) electrons. The third kappa shape index (κ3) is 6.63. The molecule has 1 amide bonds. The van der Waals surface area contributed by atoms with Gasteiger partial charge in [0.1, 0.15) is 17.3 Å². The zero-order chi connectivity index (χ0) is 21.6. The lowest BCUT2D eigenvalue weighted by Gasteiger charge is -2.20. The molecule has 9 heteroatoms. The summed E-state index contributed by atoms with van der Waals surface area (Å²) >= 11 is 0. The number of anilines is 1. The summed E-state index contributed by atoms with van der Waals surface area (Å²) in [6, 6.07) is 4.31. The normalized spacial score (nSPS) is 13.8. The van der Waals surface area contributed by atoms with E-state index in [-0.39, 0.29) is 17.6 Å². The van der Waals surface area contributed by atoms with Crippen LogP contribution in [0.5, 0.6) is 0 Å². The van der Waals surface area contributed by atoms with Gasteiger partial charge >= 0.3 is 0 Å². The lowest BCUT2D eigenvalue weighted by Crippen LogP contribution is -2.32. The number of aromatic nitrogens is 2. The van der Waals surface area contributed by atoms with Crippen molar-refractivity contribution in [2.75, 3.05) is 11.6 Å². The molecule has 7 nitrogen and oxygen atoms in total. The second kappa shape index (κ2) is 9.60. The molecule has 29 heavy (non-hydrogen) atoms. The molecule has 2 N–H and O–H groups in total. The largest absolute Gasteiger partial charge is 0.362 e. The van der Waals surface area contributed by atoms with E-state index in [4.69, 9.17) is 0 Å². The molecule has 1 aromatic carbocycles. The van der Waals surface area contributed by atoms with E-state index in [1.807, 2.05) is 13.0 Å². The number of sulfone groups is 1. The van der Waals surface area contributed by atoms with Crippen LogP contribution in [0.2, 0.25) is 0 Å². The van der Waals surface area contributed by atoms with Gasteiger partial charge in [0, 0.05) is 17.7 Å². The van der Waals surface area contributed by atoms with Gasteiger partial charge < -0.3 is 10.6 Å². The molecule has 0 unspecified atom stereocenters. The van der Waals surface area contributed by atoms with E-state index in [0.29, 0.717) is 17.8 Å². The summed E-state index contributed by atoms with van der Waals surface area (Å²) in [5, 5.41) is 6.87. The maximum atomic E-state index is 13.8. The maximum Gasteiger partial charge on any atom is 0.271 e. The van der Waals surface area contributed by atoms with Gasteiger partial charge in [-0.2, -0.15) is 0 Å². The van der Waals surface area contributed by atoms with Crippen LogP contribution < -0.4 is 10.6 Å². The van der Waals surface area contributed by atoms with E-state index in [1.165, 1.54) is 24.5 Å². The Morgan fingerprint density at radius 2 is 2.00 bits per heavy atom. The molecule has 0 aliphatic carbocycles. The Morgan fingerprint density at radius 1 is 1.28 bits per heavy atom. The lowest BCUT2D eigenvalue weighted by atomic mass is 9.99.